The molecule has 5 nitrogen and oxygen atoms in total. The van der Waals surface area contributed by atoms with Crippen LogP contribution in [0.2, 0.25) is 0 Å². The highest BCUT2D eigenvalue weighted by Gasteiger charge is 2.29. The van der Waals surface area contributed by atoms with Gasteiger partial charge in [-0.1, -0.05) is 19.9 Å². The third-order valence-electron chi connectivity index (χ3n) is 4.08. The van der Waals surface area contributed by atoms with Crippen LogP contribution in [0.1, 0.15) is 32.3 Å². The lowest BCUT2D eigenvalue weighted by Crippen LogP contribution is -2.33. The van der Waals surface area contributed by atoms with E-state index >= 15 is 0 Å². The van der Waals surface area contributed by atoms with Gasteiger partial charge in [0.05, 0.1) is 6.54 Å². The number of rotatable bonds is 7. The van der Waals surface area contributed by atoms with Gasteiger partial charge in [-0.25, -0.2) is 0 Å². The zero-order valence-electron chi connectivity index (χ0n) is 13.6. The molecule has 1 saturated carbocycles. The summed E-state index contributed by atoms with van der Waals surface area (Å²) in [6.07, 6.45) is 1.95. The molecule has 0 heterocycles. The highest BCUT2D eigenvalue weighted by molar-refractivity contribution is 5.97. The fourth-order valence-corrected chi connectivity index (χ4v) is 2.33. The van der Waals surface area contributed by atoms with Crippen LogP contribution in [0.15, 0.2) is 18.2 Å². The monoisotopic (exact) mass is 303 g/mol. The first kappa shape index (κ1) is 16.5. The Morgan fingerprint density at radius 2 is 1.73 bits per heavy atom. The maximum atomic E-state index is 12.1. The Hall–Kier alpha value is -1.88. The fraction of sp³-hybridized carbons (Fsp3) is 0.529. The van der Waals surface area contributed by atoms with Crippen LogP contribution in [0.4, 0.5) is 11.4 Å². The summed E-state index contributed by atoms with van der Waals surface area (Å²) in [5.41, 5.74) is 2.42. The first-order valence-corrected chi connectivity index (χ1v) is 7.97. The van der Waals surface area contributed by atoms with Gasteiger partial charge in [-0.3, -0.25) is 14.5 Å². The van der Waals surface area contributed by atoms with Crippen molar-refractivity contribution >= 4 is 23.2 Å². The Labute approximate surface area is 132 Å². The summed E-state index contributed by atoms with van der Waals surface area (Å²) in [5.74, 6) is 0.215. The molecule has 1 fully saturated rings. The summed E-state index contributed by atoms with van der Waals surface area (Å²) < 4.78 is 0. The van der Waals surface area contributed by atoms with Crippen molar-refractivity contribution in [3.05, 3.63) is 23.8 Å². The van der Waals surface area contributed by atoms with E-state index in [1.165, 1.54) is 0 Å². The van der Waals surface area contributed by atoms with Crippen molar-refractivity contribution in [2.75, 3.05) is 30.3 Å². The second-order valence-electron chi connectivity index (χ2n) is 5.75. The van der Waals surface area contributed by atoms with Crippen LogP contribution in [-0.2, 0) is 9.59 Å². The van der Waals surface area contributed by atoms with E-state index in [9.17, 15) is 9.59 Å². The van der Waals surface area contributed by atoms with Crippen molar-refractivity contribution in [2.24, 2.45) is 5.92 Å². The lowest BCUT2D eigenvalue weighted by molar-refractivity contribution is -0.118. The molecule has 0 radical (unpaired) electrons. The minimum Gasteiger partial charge on any atom is -0.326 e. The quantitative estimate of drug-likeness (QED) is 0.814. The molecular formula is C17H25N3O2. The van der Waals surface area contributed by atoms with E-state index in [1.807, 2.05) is 39.0 Å². The Morgan fingerprint density at radius 1 is 1.14 bits per heavy atom. The van der Waals surface area contributed by atoms with Crippen molar-refractivity contribution in [1.29, 1.82) is 0 Å². The number of carbonyl (C=O) groups excluding carboxylic acids is 2. The highest BCUT2D eigenvalue weighted by Crippen LogP contribution is 2.31. The summed E-state index contributed by atoms with van der Waals surface area (Å²) >= 11 is 0. The standard InChI is InChI=1S/C17H25N3O2/c1-4-20(5-2)11-16(21)18-14-7-6-8-15(12(14)3)19-17(22)13-9-10-13/h6-8,13H,4-5,9-11H2,1-3H3,(H,18,21)(H,19,22). The molecule has 0 aliphatic heterocycles. The van der Waals surface area contributed by atoms with Gasteiger partial charge < -0.3 is 10.6 Å². The Balaban J connectivity index is 2.01. The molecule has 5 heteroatoms. The molecule has 0 bridgehead atoms. The van der Waals surface area contributed by atoms with Crippen molar-refractivity contribution in [2.45, 2.75) is 33.6 Å². The minimum absolute atomic E-state index is 0.0301. The normalized spacial score (nSPS) is 14.0. The number of amides is 2. The van der Waals surface area contributed by atoms with Crippen LogP contribution in [0.3, 0.4) is 0 Å². The van der Waals surface area contributed by atoms with Gasteiger partial charge in [0.2, 0.25) is 11.8 Å². The summed E-state index contributed by atoms with van der Waals surface area (Å²) in [6.45, 7) is 8.06. The number of anilines is 2. The van der Waals surface area contributed by atoms with Gasteiger partial charge in [0.25, 0.3) is 0 Å². The summed E-state index contributed by atoms with van der Waals surface area (Å²) in [4.78, 5) is 26.0. The molecule has 0 unspecified atom stereocenters. The molecule has 0 saturated heterocycles. The average Bonchev–Trinajstić information content (AvgIpc) is 3.33. The minimum atomic E-state index is -0.0301. The van der Waals surface area contributed by atoms with E-state index in [0.29, 0.717) is 6.54 Å². The first-order valence-electron chi connectivity index (χ1n) is 7.97. The average molecular weight is 303 g/mol. The predicted molar refractivity (Wildman–Crippen MR) is 89.0 cm³/mol. The van der Waals surface area contributed by atoms with Gasteiger partial charge in [0.1, 0.15) is 0 Å². The SMILES string of the molecule is CCN(CC)CC(=O)Nc1cccc(NC(=O)C2CC2)c1C. The molecule has 120 valence electrons. The Kier molecular flexibility index (Phi) is 5.55. The largest absolute Gasteiger partial charge is 0.326 e. The number of hydrogen-bond acceptors (Lipinski definition) is 3. The molecule has 2 rings (SSSR count). The van der Waals surface area contributed by atoms with Gasteiger partial charge in [-0.05, 0) is 50.6 Å². The number of benzene rings is 1. The predicted octanol–water partition coefficient (Wildman–Crippen LogP) is 2.62. The number of carbonyl (C=O) groups is 2. The van der Waals surface area contributed by atoms with E-state index in [4.69, 9.17) is 0 Å². The topological polar surface area (TPSA) is 61.4 Å². The lowest BCUT2D eigenvalue weighted by atomic mass is 10.1. The Bertz CT molecular complexity index is 549. The number of nitrogens with zero attached hydrogens (tertiary/aromatic N) is 1. The molecule has 2 N–H and O–H groups in total. The van der Waals surface area contributed by atoms with Crippen LogP contribution in [0.5, 0.6) is 0 Å². The van der Waals surface area contributed by atoms with Crippen molar-refractivity contribution in [3.8, 4) is 0 Å². The highest BCUT2D eigenvalue weighted by atomic mass is 16.2. The van der Waals surface area contributed by atoms with Crippen molar-refractivity contribution < 1.29 is 9.59 Å². The molecule has 0 atom stereocenters. The molecular weight excluding hydrogens is 278 g/mol. The smallest absolute Gasteiger partial charge is 0.238 e. The van der Waals surface area contributed by atoms with Crippen LogP contribution in [0.25, 0.3) is 0 Å². The molecule has 1 aromatic carbocycles. The third-order valence-corrected chi connectivity index (χ3v) is 4.08. The van der Waals surface area contributed by atoms with Gasteiger partial charge in [-0.2, -0.15) is 0 Å². The van der Waals surface area contributed by atoms with Crippen molar-refractivity contribution in [1.82, 2.24) is 4.90 Å². The van der Waals surface area contributed by atoms with E-state index in [-0.39, 0.29) is 17.7 Å². The zero-order chi connectivity index (χ0) is 16.1. The van der Waals surface area contributed by atoms with Gasteiger partial charge >= 0.3 is 0 Å². The molecule has 2 amide bonds. The molecule has 1 aliphatic carbocycles. The molecule has 0 aromatic heterocycles. The van der Waals surface area contributed by atoms with Crippen LogP contribution < -0.4 is 10.6 Å². The summed E-state index contributed by atoms with van der Waals surface area (Å²) in [7, 11) is 0. The first-order chi connectivity index (χ1) is 10.5. The fourth-order valence-electron chi connectivity index (χ4n) is 2.33. The van der Waals surface area contributed by atoms with E-state index in [1.54, 1.807) is 0 Å². The second-order valence-corrected chi connectivity index (χ2v) is 5.75. The maximum Gasteiger partial charge on any atom is 0.238 e. The number of hydrogen-bond donors (Lipinski definition) is 2. The lowest BCUT2D eigenvalue weighted by Gasteiger charge is -2.18. The van der Waals surface area contributed by atoms with Gasteiger partial charge in [0, 0.05) is 17.3 Å². The van der Waals surface area contributed by atoms with Gasteiger partial charge in [0.15, 0.2) is 0 Å². The zero-order valence-corrected chi connectivity index (χ0v) is 13.6. The maximum absolute atomic E-state index is 12.1. The third kappa shape index (κ3) is 4.31. The van der Waals surface area contributed by atoms with E-state index in [2.05, 4.69) is 15.5 Å². The van der Waals surface area contributed by atoms with E-state index in [0.717, 1.165) is 42.9 Å². The van der Waals surface area contributed by atoms with Crippen LogP contribution in [0, 0.1) is 12.8 Å². The van der Waals surface area contributed by atoms with Crippen LogP contribution >= 0.6 is 0 Å². The summed E-state index contributed by atoms with van der Waals surface area (Å²) in [6, 6.07) is 5.58. The second kappa shape index (κ2) is 7.40. The number of likely N-dealkylation sites (N-methyl/N-ethyl adjacent to an activating group) is 1. The van der Waals surface area contributed by atoms with Crippen molar-refractivity contribution in [3.63, 3.8) is 0 Å². The Morgan fingerprint density at radius 3 is 2.27 bits per heavy atom. The molecule has 22 heavy (non-hydrogen) atoms. The number of nitrogens with one attached hydrogen (secondary N) is 2. The van der Waals surface area contributed by atoms with Gasteiger partial charge in [-0.15, -0.1) is 0 Å². The molecule has 1 aliphatic rings. The molecule has 0 spiro atoms. The van der Waals surface area contributed by atoms with E-state index < -0.39 is 0 Å². The summed E-state index contributed by atoms with van der Waals surface area (Å²) in [5, 5.41) is 5.88. The van der Waals surface area contributed by atoms with Crippen LogP contribution in [-0.4, -0.2) is 36.3 Å². The molecule has 1 aromatic rings.